The fourth-order valence-electron chi connectivity index (χ4n) is 3.12. The van der Waals surface area contributed by atoms with Gasteiger partial charge in [-0.3, -0.25) is 9.59 Å². The first-order valence-corrected chi connectivity index (χ1v) is 8.66. The molecule has 1 aromatic rings. The van der Waals surface area contributed by atoms with E-state index in [0.717, 1.165) is 5.56 Å². The van der Waals surface area contributed by atoms with E-state index in [1.165, 1.54) is 0 Å². The summed E-state index contributed by atoms with van der Waals surface area (Å²) in [6.45, 7) is 5.90. The summed E-state index contributed by atoms with van der Waals surface area (Å²) >= 11 is 0. The summed E-state index contributed by atoms with van der Waals surface area (Å²) in [5.74, 6) is 0.353. The molecule has 0 aromatic heterocycles. The standard InChI is InChI=1S/C19H28N2O3/c1-14(2)13-24-12-11-20-19(23)16-9-10-17(22)21(3)18(16)15-7-5-4-6-8-15/h4-8,14,16,18H,9-13H2,1-3H3,(H,20,23). The highest BCUT2D eigenvalue weighted by molar-refractivity contribution is 5.84. The van der Waals surface area contributed by atoms with Crippen molar-refractivity contribution in [3.05, 3.63) is 35.9 Å². The fourth-order valence-corrected chi connectivity index (χ4v) is 3.12. The number of hydrogen-bond donors (Lipinski definition) is 1. The summed E-state index contributed by atoms with van der Waals surface area (Å²) in [6.07, 6.45) is 1.00. The Morgan fingerprint density at radius 3 is 2.71 bits per heavy atom. The number of carbonyl (C=O) groups is 2. The Labute approximate surface area is 144 Å². The van der Waals surface area contributed by atoms with Crippen molar-refractivity contribution >= 4 is 11.8 Å². The maximum atomic E-state index is 12.6. The molecular formula is C19H28N2O3. The van der Waals surface area contributed by atoms with Crippen LogP contribution in [0.2, 0.25) is 0 Å². The zero-order chi connectivity index (χ0) is 17.5. The summed E-state index contributed by atoms with van der Waals surface area (Å²) in [5, 5.41) is 2.96. The van der Waals surface area contributed by atoms with Gasteiger partial charge in [-0.1, -0.05) is 44.2 Å². The van der Waals surface area contributed by atoms with E-state index < -0.39 is 0 Å². The van der Waals surface area contributed by atoms with Crippen LogP contribution in [-0.2, 0) is 14.3 Å². The molecule has 0 saturated carbocycles. The van der Waals surface area contributed by atoms with Crippen LogP contribution in [0.5, 0.6) is 0 Å². The van der Waals surface area contributed by atoms with Crippen LogP contribution >= 0.6 is 0 Å². The summed E-state index contributed by atoms with van der Waals surface area (Å²) < 4.78 is 5.50. The molecule has 0 radical (unpaired) electrons. The molecular weight excluding hydrogens is 304 g/mol. The van der Waals surface area contributed by atoms with Crippen LogP contribution < -0.4 is 5.32 Å². The predicted octanol–water partition coefficient (Wildman–Crippen LogP) is 2.38. The van der Waals surface area contributed by atoms with Crippen LogP contribution in [0.3, 0.4) is 0 Å². The first kappa shape index (κ1) is 18.5. The maximum absolute atomic E-state index is 12.6. The first-order chi connectivity index (χ1) is 11.5. The molecule has 2 unspecified atom stereocenters. The Morgan fingerprint density at radius 1 is 1.33 bits per heavy atom. The Bertz CT molecular complexity index is 545. The number of nitrogens with one attached hydrogen (secondary N) is 1. The Morgan fingerprint density at radius 2 is 2.04 bits per heavy atom. The third kappa shape index (κ3) is 4.81. The van der Waals surface area contributed by atoms with Crippen LogP contribution in [0.25, 0.3) is 0 Å². The Kier molecular flexibility index (Phi) is 6.79. The molecule has 5 nitrogen and oxygen atoms in total. The van der Waals surface area contributed by atoms with Crippen molar-refractivity contribution in [3.63, 3.8) is 0 Å². The van der Waals surface area contributed by atoms with Gasteiger partial charge in [0.2, 0.25) is 11.8 Å². The van der Waals surface area contributed by atoms with Gasteiger partial charge in [0, 0.05) is 26.6 Å². The van der Waals surface area contributed by atoms with Crippen LogP contribution in [0.15, 0.2) is 30.3 Å². The minimum Gasteiger partial charge on any atom is -0.379 e. The molecule has 2 amide bonds. The van der Waals surface area contributed by atoms with E-state index in [2.05, 4.69) is 19.2 Å². The average Bonchev–Trinajstić information content (AvgIpc) is 2.57. The van der Waals surface area contributed by atoms with Gasteiger partial charge in [0.15, 0.2) is 0 Å². The molecule has 5 heteroatoms. The monoisotopic (exact) mass is 332 g/mol. The lowest BCUT2D eigenvalue weighted by molar-refractivity contribution is -0.141. The number of amides is 2. The minimum absolute atomic E-state index is 0.00338. The molecule has 0 bridgehead atoms. The molecule has 0 aliphatic carbocycles. The van der Waals surface area contributed by atoms with Crippen molar-refractivity contribution in [2.24, 2.45) is 11.8 Å². The van der Waals surface area contributed by atoms with Gasteiger partial charge in [0.1, 0.15) is 0 Å². The largest absolute Gasteiger partial charge is 0.379 e. The third-order valence-corrected chi connectivity index (χ3v) is 4.34. The highest BCUT2D eigenvalue weighted by Crippen LogP contribution is 2.35. The van der Waals surface area contributed by atoms with E-state index in [0.29, 0.717) is 38.5 Å². The van der Waals surface area contributed by atoms with Crippen molar-refractivity contribution in [1.82, 2.24) is 10.2 Å². The molecule has 1 heterocycles. The lowest BCUT2D eigenvalue weighted by Gasteiger charge is -2.38. The number of nitrogens with zero attached hydrogens (tertiary/aromatic N) is 1. The molecule has 2 rings (SSSR count). The number of benzene rings is 1. The fraction of sp³-hybridized carbons (Fsp3) is 0.579. The third-order valence-electron chi connectivity index (χ3n) is 4.34. The number of rotatable bonds is 7. The lowest BCUT2D eigenvalue weighted by atomic mass is 9.84. The molecule has 0 spiro atoms. The van der Waals surface area contributed by atoms with Crippen molar-refractivity contribution < 1.29 is 14.3 Å². The van der Waals surface area contributed by atoms with Crippen molar-refractivity contribution in [1.29, 1.82) is 0 Å². The molecule has 2 atom stereocenters. The number of ether oxygens (including phenoxy) is 1. The lowest BCUT2D eigenvalue weighted by Crippen LogP contribution is -2.46. The van der Waals surface area contributed by atoms with E-state index in [4.69, 9.17) is 4.74 Å². The molecule has 132 valence electrons. The predicted molar refractivity (Wildman–Crippen MR) is 93.3 cm³/mol. The molecule has 1 fully saturated rings. The van der Waals surface area contributed by atoms with Gasteiger partial charge >= 0.3 is 0 Å². The molecule has 1 N–H and O–H groups in total. The smallest absolute Gasteiger partial charge is 0.225 e. The number of piperidine rings is 1. The minimum atomic E-state index is -0.222. The van der Waals surface area contributed by atoms with Gasteiger partial charge in [0.05, 0.1) is 18.6 Å². The maximum Gasteiger partial charge on any atom is 0.225 e. The van der Waals surface area contributed by atoms with Crippen LogP contribution in [0.1, 0.15) is 38.3 Å². The summed E-state index contributed by atoms with van der Waals surface area (Å²) in [7, 11) is 1.78. The van der Waals surface area contributed by atoms with Gasteiger partial charge in [-0.25, -0.2) is 0 Å². The molecule has 1 aromatic carbocycles. The van der Waals surface area contributed by atoms with Gasteiger partial charge in [0.25, 0.3) is 0 Å². The van der Waals surface area contributed by atoms with Crippen LogP contribution in [0.4, 0.5) is 0 Å². The zero-order valence-electron chi connectivity index (χ0n) is 14.8. The normalized spacial score (nSPS) is 21.2. The van der Waals surface area contributed by atoms with Crippen molar-refractivity contribution in [2.45, 2.75) is 32.7 Å². The van der Waals surface area contributed by atoms with Crippen LogP contribution in [0, 0.1) is 11.8 Å². The van der Waals surface area contributed by atoms with E-state index in [-0.39, 0.29) is 23.8 Å². The second kappa shape index (κ2) is 8.83. The van der Waals surface area contributed by atoms with Gasteiger partial charge in [-0.2, -0.15) is 0 Å². The van der Waals surface area contributed by atoms with Crippen molar-refractivity contribution in [2.75, 3.05) is 26.8 Å². The second-order valence-electron chi connectivity index (χ2n) is 6.77. The number of carbonyl (C=O) groups excluding carboxylic acids is 2. The Hall–Kier alpha value is -1.88. The highest BCUT2D eigenvalue weighted by atomic mass is 16.5. The second-order valence-corrected chi connectivity index (χ2v) is 6.77. The first-order valence-electron chi connectivity index (χ1n) is 8.66. The zero-order valence-corrected chi connectivity index (χ0v) is 14.8. The summed E-state index contributed by atoms with van der Waals surface area (Å²) in [6, 6.07) is 9.57. The van der Waals surface area contributed by atoms with E-state index >= 15 is 0 Å². The van der Waals surface area contributed by atoms with Crippen LogP contribution in [-0.4, -0.2) is 43.5 Å². The van der Waals surface area contributed by atoms with Crippen molar-refractivity contribution in [3.8, 4) is 0 Å². The topological polar surface area (TPSA) is 58.6 Å². The van der Waals surface area contributed by atoms with Gasteiger partial charge < -0.3 is 15.0 Å². The van der Waals surface area contributed by atoms with E-state index in [1.54, 1.807) is 11.9 Å². The van der Waals surface area contributed by atoms with E-state index in [9.17, 15) is 9.59 Å². The summed E-state index contributed by atoms with van der Waals surface area (Å²) in [4.78, 5) is 26.4. The quantitative estimate of drug-likeness (QED) is 0.780. The van der Waals surface area contributed by atoms with Gasteiger partial charge in [-0.05, 0) is 17.9 Å². The molecule has 1 aliphatic rings. The average molecular weight is 332 g/mol. The highest BCUT2D eigenvalue weighted by Gasteiger charge is 2.38. The van der Waals surface area contributed by atoms with Gasteiger partial charge in [-0.15, -0.1) is 0 Å². The number of likely N-dealkylation sites (tertiary alicyclic amines) is 1. The SMILES string of the molecule is CC(C)COCCNC(=O)C1CCC(=O)N(C)C1c1ccccc1. The molecule has 1 saturated heterocycles. The Balaban J connectivity index is 1.98. The molecule has 1 aliphatic heterocycles. The molecule has 24 heavy (non-hydrogen) atoms. The number of hydrogen-bond acceptors (Lipinski definition) is 3. The van der Waals surface area contributed by atoms with E-state index in [1.807, 2.05) is 30.3 Å². The summed E-state index contributed by atoms with van der Waals surface area (Å²) in [5.41, 5.74) is 1.00.